The van der Waals surface area contributed by atoms with Crippen molar-refractivity contribution in [2.45, 2.75) is 37.6 Å². The third kappa shape index (κ3) is 3.14. The number of hydrogen-bond acceptors (Lipinski definition) is 4. The molecule has 104 valence electrons. The minimum absolute atomic E-state index is 0.0846. The minimum Gasteiger partial charge on any atom is -0.372 e. The fourth-order valence-electron chi connectivity index (χ4n) is 2.97. The molecule has 3 heterocycles. The first kappa shape index (κ1) is 13.0. The number of hydrogen-bond donors (Lipinski definition) is 0. The highest BCUT2D eigenvalue weighted by Crippen LogP contribution is 2.36. The molecular weight excluding hydrogens is 240 g/mol. The predicted molar refractivity (Wildman–Crippen MR) is 72.8 cm³/mol. The molecule has 1 atom stereocenters. The van der Waals surface area contributed by atoms with Crippen LogP contribution in [-0.4, -0.2) is 48.3 Å². The maximum absolute atomic E-state index is 6.06. The SMILES string of the molecule is CN1CCC2(CC1)C[C@H](OCc1ccccn1)CO2. The maximum atomic E-state index is 6.06. The van der Waals surface area contributed by atoms with Crippen LogP contribution < -0.4 is 0 Å². The Balaban J connectivity index is 1.49. The summed E-state index contributed by atoms with van der Waals surface area (Å²) in [5.41, 5.74) is 1.08. The number of likely N-dealkylation sites (tertiary alicyclic amines) is 1. The van der Waals surface area contributed by atoms with Crippen LogP contribution in [0.4, 0.5) is 0 Å². The molecule has 0 unspecified atom stereocenters. The van der Waals surface area contributed by atoms with Crippen molar-refractivity contribution in [3.05, 3.63) is 30.1 Å². The molecule has 0 aliphatic carbocycles. The first-order chi connectivity index (χ1) is 9.26. The highest BCUT2D eigenvalue weighted by Gasteiger charge is 2.42. The summed E-state index contributed by atoms with van der Waals surface area (Å²) in [7, 11) is 2.18. The van der Waals surface area contributed by atoms with Crippen molar-refractivity contribution in [3.8, 4) is 0 Å². The van der Waals surface area contributed by atoms with Crippen LogP contribution in [-0.2, 0) is 16.1 Å². The molecule has 1 aromatic rings. The molecule has 19 heavy (non-hydrogen) atoms. The van der Waals surface area contributed by atoms with Gasteiger partial charge in [0.1, 0.15) is 0 Å². The molecule has 4 nitrogen and oxygen atoms in total. The monoisotopic (exact) mass is 262 g/mol. The van der Waals surface area contributed by atoms with E-state index in [4.69, 9.17) is 9.47 Å². The van der Waals surface area contributed by atoms with E-state index in [0.29, 0.717) is 6.61 Å². The van der Waals surface area contributed by atoms with Crippen LogP contribution in [0.5, 0.6) is 0 Å². The summed E-state index contributed by atoms with van der Waals surface area (Å²) in [4.78, 5) is 6.65. The average Bonchev–Trinajstić information content (AvgIpc) is 2.85. The van der Waals surface area contributed by atoms with Gasteiger partial charge in [0.05, 0.1) is 30.6 Å². The Kier molecular flexibility index (Phi) is 3.82. The Bertz CT molecular complexity index is 402. The molecule has 2 saturated heterocycles. The van der Waals surface area contributed by atoms with E-state index < -0.39 is 0 Å². The summed E-state index contributed by atoms with van der Waals surface area (Å²) in [6.45, 7) is 3.58. The normalized spacial score (nSPS) is 26.9. The van der Waals surface area contributed by atoms with E-state index in [1.54, 1.807) is 0 Å². The van der Waals surface area contributed by atoms with Gasteiger partial charge in [-0.15, -0.1) is 0 Å². The molecule has 2 fully saturated rings. The van der Waals surface area contributed by atoms with Gasteiger partial charge >= 0.3 is 0 Å². The Morgan fingerprint density at radius 1 is 1.42 bits per heavy atom. The molecule has 1 spiro atoms. The number of pyridine rings is 1. The van der Waals surface area contributed by atoms with E-state index in [1.165, 1.54) is 0 Å². The summed E-state index contributed by atoms with van der Waals surface area (Å²) in [5.74, 6) is 0. The van der Waals surface area contributed by atoms with Gasteiger partial charge < -0.3 is 14.4 Å². The molecule has 0 aromatic carbocycles. The van der Waals surface area contributed by atoms with Gasteiger partial charge in [-0.25, -0.2) is 0 Å². The van der Waals surface area contributed by atoms with Gasteiger partial charge in [0.25, 0.3) is 0 Å². The van der Waals surface area contributed by atoms with Crippen molar-refractivity contribution in [3.63, 3.8) is 0 Å². The minimum atomic E-state index is 0.0846. The van der Waals surface area contributed by atoms with Crippen molar-refractivity contribution in [2.24, 2.45) is 0 Å². The van der Waals surface area contributed by atoms with E-state index in [1.807, 2.05) is 24.4 Å². The highest BCUT2D eigenvalue weighted by molar-refractivity contribution is 5.02. The Hall–Kier alpha value is -0.970. The van der Waals surface area contributed by atoms with E-state index in [2.05, 4.69) is 16.9 Å². The van der Waals surface area contributed by atoms with Crippen LogP contribution in [0.3, 0.4) is 0 Å². The topological polar surface area (TPSA) is 34.6 Å². The van der Waals surface area contributed by atoms with Crippen molar-refractivity contribution >= 4 is 0 Å². The fourth-order valence-corrected chi connectivity index (χ4v) is 2.97. The van der Waals surface area contributed by atoms with Crippen LogP contribution in [0, 0.1) is 0 Å². The standard InChI is InChI=1S/C15H22N2O2/c1-17-8-5-15(6-9-17)10-14(12-19-15)18-11-13-4-2-3-7-16-13/h2-4,7,14H,5-6,8-12H2,1H3/t14-/m0/s1. The maximum Gasteiger partial charge on any atom is 0.0892 e. The lowest BCUT2D eigenvalue weighted by molar-refractivity contribution is -0.0416. The second-order valence-electron chi connectivity index (χ2n) is 5.76. The molecule has 2 aliphatic rings. The molecule has 1 aromatic heterocycles. The molecule has 0 saturated carbocycles. The summed E-state index contributed by atoms with van der Waals surface area (Å²) in [6.07, 6.45) is 5.33. The zero-order chi connectivity index (χ0) is 13.1. The first-order valence-corrected chi connectivity index (χ1v) is 7.10. The molecule has 0 N–H and O–H groups in total. The second kappa shape index (κ2) is 5.57. The van der Waals surface area contributed by atoms with E-state index >= 15 is 0 Å². The number of aromatic nitrogens is 1. The van der Waals surface area contributed by atoms with E-state index in [0.717, 1.165) is 44.7 Å². The van der Waals surface area contributed by atoms with Gasteiger partial charge in [0.15, 0.2) is 0 Å². The van der Waals surface area contributed by atoms with Crippen molar-refractivity contribution in [1.29, 1.82) is 0 Å². The first-order valence-electron chi connectivity index (χ1n) is 7.10. The Morgan fingerprint density at radius 2 is 2.26 bits per heavy atom. The molecule has 2 aliphatic heterocycles. The van der Waals surface area contributed by atoms with Gasteiger partial charge in [0, 0.05) is 25.7 Å². The number of piperidine rings is 1. The lowest BCUT2D eigenvalue weighted by Gasteiger charge is -2.36. The highest BCUT2D eigenvalue weighted by atomic mass is 16.6. The van der Waals surface area contributed by atoms with Crippen LogP contribution in [0.2, 0.25) is 0 Å². The molecule has 0 bridgehead atoms. The van der Waals surface area contributed by atoms with E-state index in [-0.39, 0.29) is 11.7 Å². The zero-order valence-corrected chi connectivity index (χ0v) is 11.5. The zero-order valence-electron chi connectivity index (χ0n) is 11.5. The van der Waals surface area contributed by atoms with Crippen molar-refractivity contribution in [2.75, 3.05) is 26.7 Å². The molecule has 0 radical (unpaired) electrons. The van der Waals surface area contributed by atoms with Crippen LogP contribution in [0.15, 0.2) is 24.4 Å². The Labute approximate surface area is 114 Å². The number of ether oxygens (including phenoxy) is 2. The lowest BCUT2D eigenvalue weighted by Crippen LogP contribution is -2.42. The molecule has 4 heteroatoms. The summed E-state index contributed by atoms with van der Waals surface area (Å²) < 4.78 is 12.0. The van der Waals surface area contributed by atoms with Gasteiger partial charge in [-0.2, -0.15) is 0 Å². The lowest BCUT2D eigenvalue weighted by atomic mass is 9.88. The largest absolute Gasteiger partial charge is 0.372 e. The summed E-state index contributed by atoms with van der Waals surface area (Å²) >= 11 is 0. The smallest absolute Gasteiger partial charge is 0.0892 e. The van der Waals surface area contributed by atoms with E-state index in [9.17, 15) is 0 Å². The third-order valence-electron chi connectivity index (χ3n) is 4.27. The van der Waals surface area contributed by atoms with Crippen LogP contribution >= 0.6 is 0 Å². The average molecular weight is 262 g/mol. The summed E-state index contributed by atoms with van der Waals surface area (Å²) in [5, 5.41) is 0. The van der Waals surface area contributed by atoms with Gasteiger partial charge in [-0.05, 0) is 32.0 Å². The second-order valence-corrected chi connectivity index (χ2v) is 5.76. The van der Waals surface area contributed by atoms with Gasteiger partial charge in [-0.3, -0.25) is 4.98 Å². The molecular formula is C15H22N2O2. The van der Waals surface area contributed by atoms with Crippen molar-refractivity contribution < 1.29 is 9.47 Å². The van der Waals surface area contributed by atoms with Gasteiger partial charge in [-0.1, -0.05) is 6.07 Å². The molecule has 0 amide bonds. The van der Waals surface area contributed by atoms with Gasteiger partial charge in [0.2, 0.25) is 0 Å². The van der Waals surface area contributed by atoms with Crippen molar-refractivity contribution in [1.82, 2.24) is 9.88 Å². The fraction of sp³-hybridized carbons (Fsp3) is 0.667. The Morgan fingerprint density at radius 3 is 3.00 bits per heavy atom. The number of rotatable bonds is 3. The van der Waals surface area contributed by atoms with Crippen LogP contribution in [0.1, 0.15) is 25.0 Å². The third-order valence-corrected chi connectivity index (χ3v) is 4.27. The molecule has 3 rings (SSSR count). The number of nitrogens with zero attached hydrogens (tertiary/aromatic N) is 2. The predicted octanol–water partition coefficient (Wildman–Crippen LogP) is 1.85. The van der Waals surface area contributed by atoms with Crippen LogP contribution in [0.25, 0.3) is 0 Å². The summed E-state index contributed by atoms with van der Waals surface area (Å²) in [6, 6.07) is 5.92. The quantitative estimate of drug-likeness (QED) is 0.832.